The Kier molecular flexibility index (Phi) is 4.25. The summed E-state index contributed by atoms with van der Waals surface area (Å²) in [7, 11) is 0. The minimum Gasteiger partial charge on any atom is -0.295 e. The SMILES string of the molecule is CC1(C)c2cc(-c3nc(-c4ccccc4)c4ccc5ccccc5c4n3)ccc2-n2c1nc1ccccc12. The summed E-state index contributed by atoms with van der Waals surface area (Å²) in [6, 6.07) is 38.2. The highest BCUT2D eigenvalue weighted by Gasteiger charge is 2.39. The first-order valence-electron chi connectivity index (χ1n) is 13.0. The highest BCUT2D eigenvalue weighted by Crippen LogP contribution is 2.45. The van der Waals surface area contributed by atoms with Gasteiger partial charge < -0.3 is 0 Å². The normalized spacial score (nSPS) is 13.7. The molecule has 0 radical (unpaired) electrons. The molecule has 0 saturated heterocycles. The molecule has 0 amide bonds. The van der Waals surface area contributed by atoms with Crippen molar-refractivity contribution in [3.8, 4) is 28.3 Å². The fourth-order valence-electron chi connectivity index (χ4n) is 5.99. The lowest BCUT2D eigenvalue weighted by Crippen LogP contribution is -2.16. The van der Waals surface area contributed by atoms with Crippen LogP contribution in [-0.4, -0.2) is 19.5 Å². The van der Waals surface area contributed by atoms with E-state index in [-0.39, 0.29) is 5.41 Å². The zero-order valence-corrected chi connectivity index (χ0v) is 21.2. The van der Waals surface area contributed by atoms with Crippen LogP contribution in [0.5, 0.6) is 0 Å². The van der Waals surface area contributed by atoms with Gasteiger partial charge in [0.1, 0.15) is 5.82 Å². The number of imidazole rings is 1. The third-order valence-corrected chi connectivity index (χ3v) is 7.93. The maximum Gasteiger partial charge on any atom is 0.160 e. The van der Waals surface area contributed by atoms with Crippen molar-refractivity contribution in [2.75, 3.05) is 0 Å². The second-order valence-corrected chi connectivity index (χ2v) is 10.6. The first-order valence-corrected chi connectivity index (χ1v) is 13.0. The summed E-state index contributed by atoms with van der Waals surface area (Å²) in [5.41, 5.74) is 8.38. The topological polar surface area (TPSA) is 43.6 Å². The summed E-state index contributed by atoms with van der Waals surface area (Å²) < 4.78 is 2.30. The van der Waals surface area contributed by atoms with Gasteiger partial charge in [0.2, 0.25) is 0 Å². The first kappa shape index (κ1) is 21.3. The van der Waals surface area contributed by atoms with Crippen molar-refractivity contribution in [3.05, 3.63) is 121 Å². The quantitative estimate of drug-likeness (QED) is 0.231. The summed E-state index contributed by atoms with van der Waals surface area (Å²) in [5, 5.41) is 3.38. The van der Waals surface area contributed by atoms with Gasteiger partial charge in [-0.3, -0.25) is 4.57 Å². The first-order chi connectivity index (χ1) is 18.6. The fourth-order valence-corrected chi connectivity index (χ4v) is 5.99. The summed E-state index contributed by atoms with van der Waals surface area (Å²) in [6.45, 7) is 4.51. The van der Waals surface area contributed by atoms with Crippen LogP contribution in [0.3, 0.4) is 0 Å². The van der Waals surface area contributed by atoms with Gasteiger partial charge in [-0.1, -0.05) is 72.8 Å². The molecule has 0 saturated carbocycles. The van der Waals surface area contributed by atoms with E-state index in [0.29, 0.717) is 0 Å². The maximum absolute atomic E-state index is 5.19. The molecule has 1 aliphatic rings. The molecule has 5 aromatic carbocycles. The van der Waals surface area contributed by atoms with Crippen molar-refractivity contribution in [1.29, 1.82) is 0 Å². The Morgan fingerprint density at radius 2 is 1.42 bits per heavy atom. The minimum atomic E-state index is -0.240. The third-order valence-electron chi connectivity index (χ3n) is 7.93. The Labute approximate surface area is 220 Å². The van der Waals surface area contributed by atoms with Gasteiger partial charge in [-0.05, 0) is 61.2 Å². The van der Waals surface area contributed by atoms with Crippen molar-refractivity contribution in [2.45, 2.75) is 19.3 Å². The van der Waals surface area contributed by atoms with Crippen LogP contribution in [0.1, 0.15) is 25.2 Å². The van der Waals surface area contributed by atoms with Gasteiger partial charge in [0.25, 0.3) is 0 Å². The number of fused-ring (bicyclic) bond motifs is 8. The highest BCUT2D eigenvalue weighted by molar-refractivity contribution is 6.09. The molecule has 7 aromatic rings. The van der Waals surface area contributed by atoms with E-state index in [4.69, 9.17) is 15.0 Å². The van der Waals surface area contributed by atoms with Crippen molar-refractivity contribution in [3.63, 3.8) is 0 Å². The van der Waals surface area contributed by atoms with E-state index in [0.717, 1.165) is 55.8 Å². The predicted molar refractivity (Wildman–Crippen MR) is 155 cm³/mol. The summed E-state index contributed by atoms with van der Waals surface area (Å²) >= 11 is 0. The average molecular weight is 489 g/mol. The predicted octanol–water partition coefficient (Wildman–Crippen LogP) is 8.10. The second kappa shape index (κ2) is 7.59. The second-order valence-electron chi connectivity index (χ2n) is 10.6. The molecule has 0 bridgehead atoms. The fraction of sp³-hybridized carbons (Fsp3) is 0.0882. The van der Waals surface area contributed by atoms with Crippen LogP contribution >= 0.6 is 0 Å². The summed E-state index contributed by atoms with van der Waals surface area (Å²) in [6.07, 6.45) is 0. The van der Waals surface area contributed by atoms with Crippen LogP contribution in [0.25, 0.3) is 61.0 Å². The molecule has 1 aliphatic heterocycles. The molecule has 0 spiro atoms. The molecule has 8 rings (SSSR count). The molecule has 4 heteroatoms. The molecule has 0 N–H and O–H groups in total. The zero-order valence-electron chi connectivity index (χ0n) is 21.2. The van der Waals surface area contributed by atoms with Crippen molar-refractivity contribution in [2.24, 2.45) is 0 Å². The van der Waals surface area contributed by atoms with Crippen LogP contribution in [0.15, 0.2) is 109 Å². The standard InChI is InChI=1S/C34H24N4/c1-34(2)26-20-23(17-19-28(26)38-29-15-9-8-14-27(29)35-33(34)38)32-36-30(22-11-4-3-5-12-22)25-18-16-21-10-6-7-13-24(21)31(25)37-32/h3-20H,1-2H3. The van der Waals surface area contributed by atoms with Gasteiger partial charge in [0.05, 0.1) is 33.3 Å². The monoisotopic (exact) mass is 488 g/mol. The molecule has 0 aliphatic carbocycles. The lowest BCUT2D eigenvalue weighted by Gasteiger charge is -2.18. The van der Waals surface area contributed by atoms with Gasteiger partial charge in [0.15, 0.2) is 5.82 Å². The van der Waals surface area contributed by atoms with Gasteiger partial charge >= 0.3 is 0 Å². The lowest BCUT2D eigenvalue weighted by molar-refractivity contribution is 0.621. The van der Waals surface area contributed by atoms with Crippen molar-refractivity contribution < 1.29 is 0 Å². The molecule has 2 aromatic heterocycles. The number of hydrogen-bond donors (Lipinski definition) is 0. The largest absolute Gasteiger partial charge is 0.295 e. The minimum absolute atomic E-state index is 0.240. The lowest BCUT2D eigenvalue weighted by atomic mass is 9.84. The van der Waals surface area contributed by atoms with Crippen molar-refractivity contribution >= 4 is 32.7 Å². The van der Waals surface area contributed by atoms with E-state index in [2.05, 4.69) is 115 Å². The van der Waals surface area contributed by atoms with Gasteiger partial charge in [-0.2, -0.15) is 0 Å². The maximum atomic E-state index is 5.19. The van der Waals surface area contributed by atoms with Gasteiger partial charge in [0, 0.05) is 21.9 Å². The molecular weight excluding hydrogens is 464 g/mol. The molecular formula is C34H24N4. The average Bonchev–Trinajstić information content (AvgIpc) is 3.46. The van der Waals surface area contributed by atoms with E-state index in [1.807, 2.05) is 12.1 Å². The Hall–Kier alpha value is -4.83. The van der Waals surface area contributed by atoms with E-state index >= 15 is 0 Å². The zero-order chi connectivity index (χ0) is 25.4. The van der Waals surface area contributed by atoms with E-state index < -0.39 is 0 Å². The van der Waals surface area contributed by atoms with E-state index in [1.165, 1.54) is 16.6 Å². The van der Waals surface area contributed by atoms with E-state index in [9.17, 15) is 0 Å². The van der Waals surface area contributed by atoms with Gasteiger partial charge in [-0.25, -0.2) is 15.0 Å². The molecule has 0 atom stereocenters. The number of benzene rings is 5. The molecule has 3 heterocycles. The van der Waals surface area contributed by atoms with Crippen LogP contribution in [0.2, 0.25) is 0 Å². The number of nitrogens with zero attached hydrogens (tertiary/aromatic N) is 4. The van der Waals surface area contributed by atoms with Crippen molar-refractivity contribution in [1.82, 2.24) is 19.5 Å². The summed E-state index contributed by atoms with van der Waals surface area (Å²) in [4.78, 5) is 15.4. The summed E-state index contributed by atoms with van der Waals surface area (Å²) in [5.74, 6) is 1.81. The molecule has 38 heavy (non-hydrogen) atoms. The number of para-hydroxylation sites is 2. The number of aromatic nitrogens is 4. The Morgan fingerprint density at radius 3 is 2.32 bits per heavy atom. The molecule has 4 nitrogen and oxygen atoms in total. The Balaban J connectivity index is 1.39. The Morgan fingerprint density at radius 1 is 0.632 bits per heavy atom. The highest BCUT2D eigenvalue weighted by atomic mass is 15.1. The Bertz CT molecular complexity index is 2050. The smallest absolute Gasteiger partial charge is 0.160 e. The number of rotatable bonds is 2. The van der Waals surface area contributed by atoms with Crippen LogP contribution < -0.4 is 0 Å². The molecule has 180 valence electrons. The third kappa shape index (κ3) is 2.88. The van der Waals surface area contributed by atoms with Crippen LogP contribution in [0.4, 0.5) is 0 Å². The van der Waals surface area contributed by atoms with Crippen LogP contribution in [-0.2, 0) is 5.41 Å². The van der Waals surface area contributed by atoms with Gasteiger partial charge in [-0.15, -0.1) is 0 Å². The number of hydrogen-bond acceptors (Lipinski definition) is 3. The van der Waals surface area contributed by atoms with E-state index in [1.54, 1.807) is 0 Å². The molecule has 0 fully saturated rings. The van der Waals surface area contributed by atoms with Crippen LogP contribution in [0, 0.1) is 0 Å². The molecule has 0 unspecified atom stereocenters.